The first-order chi connectivity index (χ1) is 8.64. The lowest BCUT2D eigenvalue weighted by molar-refractivity contribution is -0.156. The van der Waals surface area contributed by atoms with E-state index in [1.165, 1.54) is 11.8 Å². The molecule has 1 aromatic rings. The zero-order valence-electron chi connectivity index (χ0n) is 12.0. The molecule has 0 bridgehead atoms. The monoisotopic (exact) mass is 280 g/mol. The minimum absolute atomic E-state index is 0.246. The third-order valence-corrected chi connectivity index (χ3v) is 3.46. The van der Waals surface area contributed by atoms with Crippen LogP contribution in [0.25, 0.3) is 0 Å². The number of aldehydes is 1. The molecule has 0 fully saturated rings. The number of thioether (sulfide) groups is 1. The molecule has 0 aliphatic rings. The Morgan fingerprint density at radius 2 is 1.63 bits per heavy atom. The lowest BCUT2D eigenvalue weighted by atomic mass is 10.1. The van der Waals surface area contributed by atoms with Crippen molar-refractivity contribution in [2.24, 2.45) is 0 Å². The van der Waals surface area contributed by atoms with Gasteiger partial charge in [0.2, 0.25) is 0 Å². The predicted octanol–water partition coefficient (Wildman–Crippen LogP) is 3.71. The minimum Gasteiger partial charge on any atom is -0.459 e. The van der Waals surface area contributed by atoms with Crippen LogP contribution in [0, 0.1) is 0 Å². The van der Waals surface area contributed by atoms with Crippen LogP contribution < -0.4 is 0 Å². The molecule has 104 valence electrons. The lowest BCUT2D eigenvalue weighted by Crippen LogP contribution is -2.36. The number of benzene rings is 1. The number of carbonyl (C=O) groups is 2. The quantitative estimate of drug-likeness (QED) is 0.479. The Labute approximate surface area is 118 Å². The summed E-state index contributed by atoms with van der Waals surface area (Å²) >= 11 is 1.42. The van der Waals surface area contributed by atoms with Crippen molar-refractivity contribution in [1.82, 2.24) is 0 Å². The van der Waals surface area contributed by atoms with Crippen molar-refractivity contribution < 1.29 is 14.3 Å². The Morgan fingerprint density at radius 3 is 2.05 bits per heavy atom. The van der Waals surface area contributed by atoms with Gasteiger partial charge in [-0.05, 0) is 46.8 Å². The third kappa shape index (κ3) is 5.07. The maximum absolute atomic E-state index is 12.1. The Hall–Kier alpha value is -1.29. The summed E-state index contributed by atoms with van der Waals surface area (Å²) in [7, 11) is 0. The molecule has 3 nitrogen and oxygen atoms in total. The molecule has 0 saturated heterocycles. The average Bonchev–Trinajstić information content (AvgIpc) is 2.27. The van der Waals surface area contributed by atoms with Crippen LogP contribution in [-0.4, -0.2) is 22.6 Å². The first-order valence-electron chi connectivity index (χ1n) is 6.12. The van der Waals surface area contributed by atoms with Gasteiger partial charge in [0.05, 0.1) is 0 Å². The van der Waals surface area contributed by atoms with Gasteiger partial charge in [-0.2, -0.15) is 0 Å². The van der Waals surface area contributed by atoms with E-state index in [4.69, 9.17) is 4.74 Å². The summed E-state index contributed by atoms with van der Waals surface area (Å²) in [6, 6.07) is 7.14. The molecule has 0 atom stereocenters. The van der Waals surface area contributed by atoms with Crippen LogP contribution >= 0.6 is 11.8 Å². The van der Waals surface area contributed by atoms with Gasteiger partial charge in [-0.1, -0.05) is 12.1 Å². The number of ether oxygens (including phenoxy) is 1. The van der Waals surface area contributed by atoms with E-state index >= 15 is 0 Å². The predicted molar refractivity (Wildman–Crippen MR) is 77.6 cm³/mol. The van der Waals surface area contributed by atoms with E-state index in [-0.39, 0.29) is 5.97 Å². The zero-order chi connectivity index (χ0) is 14.7. The summed E-state index contributed by atoms with van der Waals surface area (Å²) in [5, 5.41) is 0. The first kappa shape index (κ1) is 15.8. The molecule has 4 heteroatoms. The van der Waals surface area contributed by atoms with Gasteiger partial charge in [0.1, 0.15) is 16.6 Å². The molecule has 0 aliphatic heterocycles. The van der Waals surface area contributed by atoms with Gasteiger partial charge >= 0.3 is 5.97 Å². The maximum atomic E-state index is 12.1. The minimum atomic E-state index is -0.671. The van der Waals surface area contributed by atoms with Crippen molar-refractivity contribution in [1.29, 1.82) is 0 Å². The zero-order valence-corrected chi connectivity index (χ0v) is 12.8. The number of hydrogen-bond acceptors (Lipinski definition) is 4. The van der Waals surface area contributed by atoms with Crippen molar-refractivity contribution >= 4 is 24.0 Å². The third-order valence-electron chi connectivity index (χ3n) is 2.28. The van der Waals surface area contributed by atoms with Crippen molar-refractivity contribution in [2.75, 3.05) is 0 Å². The van der Waals surface area contributed by atoms with Gasteiger partial charge in [0.25, 0.3) is 0 Å². The van der Waals surface area contributed by atoms with Gasteiger partial charge in [0, 0.05) is 10.5 Å². The molecule has 1 rings (SSSR count). The molecule has 0 aliphatic carbocycles. The lowest BCUT2D eigenvalue weighted by Gasteiger charge is -2.28. The highest BCUT2D eigenvalue weighted by Gasteiger charge is 2.33. The van der Waals surface area contributed by atoms with Crippen molar-refractivity contribution in [2.45, 2.75) is 49.9 Å². The molecule has 1 aromatic carbocycles. The highest BCUT2D eigenvalue weighted by Crippen LogP contribution is 2.34. The molecule has 0 saturated carbocycles. The van der Waals surface area contributed by atoms with Crippen LogP contribution in [0.2, 0.25) is 0 Å². The van der Waals surface area contributed by atoms with Crippen molar-refractivity contribution in [3.8, 4) is 0 Å². The normalized spacial score (nSPS) is 12.1. The molecule has 0 N–H and O–H groups in total. The Bertz CT molecular complexity index is 455. The summed E-state index contributed by atoms with van der Waals surface area (Å²) < 4.78 is 4.73. The summed E-state index contributed by atoms with van der Waals surface area (Å²) in [6.07, 6.45) is 0.799. The summed E-state index contributed by atoms with van der Waals surface area (Å²) in [5.41, 5.74) is 0.135. The van der Waals surface area contributed by atoms with E-state index in [2.05, 4.69) is 0 Å². The number of hydrogen-bond donors (Lipinski definition) is 0. The number of carbonyl (C=O) groups excluding carboxylic acids is 2. The van der Waals surface area contributed by atoms with E-state index in [1.807, 2.05) is 46.8 Å². The molecule has 0 radical (unpaired) electrons. The van der Waals surface area contributed by atoms with Crippen LogP contribution in [0.15, 0.2) is 29.2 Å². The smallest absolute Gasteiger partial charge is 0.322 e. The second kappa shape index (κ2) is 5.78. The second-order valence-corrected chi connectivity index (χ2v) is 7.50. The molecule has 0 spiro atoms. The van der Waals surface area contributed by atoms with E-state index in [9.17, 15) is 9.59 Å². The van der Waals surface area contributed by atoms with E-state index < -0.39 is 10.3 Å². The van der Waals surface area contributed by atoms with Gasteiger partial charge in [-0.25, -0.2) is 0 Å². The average molecular weight is 280 g/mol. The van der Waals surface area contributed by atoms with Crippen LogP contribution in [0.3, 0.4) is 0 Å². The molecular weight excluding hydrogens is 260 g/mol. The van der Waals surface area contributed by atoms with E-state index in [0.717, 1.165) is 11.2 Å². The standard InChI is InChI=1S/C15H20O3S/c1-14(2,3)18-13(17)15(4,5)19-12-8-6-11(10-16)7-9-12/h6-10H,1-5H3. The largest absolute Gasteiger partial charge is 0.459 e. The van der Waals surface area contributed by atoms with Crippen molar-refractivity contribution in [3.05, 3.63) is 29.8 Å². The first-order valence-corrected chi connectivity index (χ1v) is 6.93. The summed E-state index contributed by atoms with van der Waals surface area (Å²) in [6.45, 7) is 9.22. The summed E-state index contributed by atoms with van der Waals surface area (Å²) in [5.74, 6) is -0.246. The van der Waals surface area contributed by atoms with Crippen LogP contribution in [0.1, 0.15) is 45.0 Å². The van der Waals surface area contributed by atoms with Gasteiger partial charge < -0.3 is 4.74 Å². The van der Waals surface area contributed by atoms with Gasteiger partial charge in [-0.15, -0.1) is 11.8 Å². The van der Waals surface area contributed by atoms with Crippen LogP contribution in [-0.2, 0) is 9.53 Å². The van der Waals surface area contributed by atoms with Gasteiger partial charge in [0.15, 0.2) is 0 Å². The fraction of sp³-hybridized carbons (Fsp3) is 0.467. The number of esters is 1. The fourth-order valence-corrected chi connectivity index (χ4v) is 2.34. The second-order valence-electron chi connectivity index (χ2n) is 5.80. The Morgan fingerprint density at radius 1 is 1.11 bits per heavy atom. The highest BCUT2D eigenvalue weighted by molar-refractivity contribution is 8.01. The molecule has 19 heavy (non-hydrogen) atoms. The SMILES string of the molecule is CC(C)(C)OC(=O)C(C)(C)Sc1ccc(C=O)cc1. The molecule has 0 aromatic heterocycles. The van der Waals surface area contributed by atoms with E-state index in [0.29, 0.717) is 5.56 Å². The fourth-order valence-electron chi connectivity index (χ4n) is 1.35. The molecule has 0 unspecified atom stereocenters. The Balaban J connectivity index is 2.77. The highest BCUT2D eigenvalue weighted by atomic mass is 32.2. The maximum Gasteiger partial charge on any atom is 0.322 e. The van der Waals surface area contributed by atoms with E-state index in [1.54, 1.807) is 12.1 Å². The summed E-state index contributed by atoms with van der Waals surface area (Å²) in [4.78, 5) is 23.6. The molecule has 0 heterocycles. The molecular formula is C15H20O3S. The molecule has 0 amide bonds. The topological polar surface area (TPSA) is 43.4 Å². The van der Waals surface area contributed by atoms with Gasteiger partial charge in [-0.3, -0.25) is 9.59 Å². The number of rotatable bonds is 4. The Kier molecular flexibility index (Phi) is 4.80. The van der Waals surface area contributed by atoms with Crippen LogP contribution in [0.5, 0.6) is 0 Å². The van der Waals surface area contributed by atoms with Crippen molar-refractivity contribution in [3.63, 3.8) is 0 Å². The van der Waals surface area contributed by atoms with Crippen LogP contribution in [0.4, 0.5) is 0 Å².